The first-order valence-electron chi connectivity index (χ1n) is 10.2. The Morgan fingerprint density at radius 3 is 2.45 bits per heavy atom. The van der Waals surface area contributed by atoms with Crippen LogP contribution in [0.4, 0.5) is 11.5 Å². The zero-order valence-electron chi connectivity index (χ0n) is 17.8. The molecule has 2 heterocycles. The molecule has 1 aliphatic rings. The molecule has 1 aliphatic heterocycles. The third-order valence-corrected chi connectivity index (χ3v) is 4.18. The number of aromatic nitrogens is 2. The number of likely N-dealkylation sites (tertiary alicyclic amines) is 1. The van der Waals surface area contributed by atoms with Crippen LogP contribution in [0.25, 0.3) is 0 Å². The minimum atomic E-state index is -0.525. The lowest BCUT2D eigenvalue weighted by Gasteiger charge is -2.15. The molecule has 2 aromatic rings. The minimum absolute atomic E-state index is 0.0223. The highest BCUT2D eigenvalue weighted by Crippen LogP contribution is 2.23. The smallest absolute Gasteiger partial charge is 0.329 e. The van der Waals surface area contributed by atoms with Crippen molar-refractivity contribution in [3.8, 4) is 0 Å². The van der Waals surface area contributed by atoms with Crippen LogP contribution < -0.4 is 5.32 Å². The van der Waals surface area contributed by atoms with E-state index in [4.69, 9.17) is 11.6 Å². The normalized spacial score (nSPS) is 13.0. The summed E-state index contributed by atoms with van der Waals surface area (Å²) in [4.78, 5) is 20.5. The Balaban J connectivity index is 0.000000771. The molecule has 0 saturated carbocycles. The van der Waals surface area contributed by atoms with E-state index in [2.05, 4.69) is 46.2 Å². The van der Waals surface area contributed by atoms with E-state index in [9.17, 15) is 10.1 Å². The Morgan fingerprint density at radius 1 is 1.21 bits per heavy atom. The average molecular weight is 422 g/mol. The Morgan fingerprint density at radius 2 is 1.83 bits per heavy atom. The maximum Gasteiger partial charge on any atom is 0.329 e. The highest BCUT2D eigenvalue weighted by atomic mass is 35.5. The Kier molecular flexibility index (Phi) is 11.8. The number of benzene rings is 1. The largest absolute Gasteiger partial charge is 0.360 e. The molecule has 0 radical (unpaired) electrons. The molecule has 1 aromatic carbocycles. The van der Waals surface area contributed by atoms with Gasteiger partial charge in [-0.25, -0.2) is 4.98 Å². The third-order valence-electron chi connectivity index (χ3n) is 3.99. The van der Waals surface area contributed by atoms with Gasteiger partial charge in [0.2, 0.25) is 11.1 Å². The predicted octanol–water partition coefficient (Wildman–Crippen LogP) is 5.69. The molecule has 0 aliphatic carbocycles. The van der Waals surface area contributed by atoms with Gasteiger partial charge in [0.05, 0.1) is 4.92 Å². The standard InChI is InChI=1S/C16H18ClN5O2.C3H8.C2H6/c17-16-19-10-14(22(23)24)15(20-16)18-9-12-4-3-5-13(8-12)11-21-6-1-2-7-21;1-3-2;1-2/h3-5,8,10H,1-2,6-7,9,11H2,(H,18,19,20);3H2,1-2H3;1-2H3. The fourth-order valence-corrected chi connectivity index (χ4v) is 2.97. The minimum Gasteiger partial charge on any atom is -0.360 e. The molecular formula is C21H32ClN5O2. The first-order valence-corrected chi connectivity index (χ1v) is 10.6. The van der Waals surface area contributed by atoms with Gasteiger partial charge in [-0.15, -0.1) is 0 Å². The number of halogens is 1. The Bertz CT molecular complexity index is 752. The van der Waals surface area contributed by atoms with E-state index in [0.29, 0.717) is 6.54 Å². The van der Waals surface area contributed by atoms with Crippen molar-refractivity contribution in [2.75, 3.05) is 18.4 Å². The van der Waals surface area contributed by atoms with E-state index < -0.39 is 4.92 Å². The van der Waals surface area contributed by atoms with Crippen LogP contribution in [-0.4, -0.2) is 32.9 Å². The monoisotopic (exact) mass is 421 g/mol. The highest BCUT2D eigenvalue weighted by molar-refractivity contribution is 6.28. The van der Waals surface area contributed by atoms with Gasteiger partial charge in [0.15, 0.2) is 0 Å². The summed E-state index contributed by atoms with van der Waals surface area (Å²) in [6, 6.07) is 8.20. The number of nitro groups is 1. The van der Waals surface area contributed by atoms with Gasteiger partial charge < -0.3 is 5.32 Å². The summed E-state index contributed by atoms with van der Waals surface area (Å²) in [5.41, 5.74) is 2.09. The van der Waals surface area contributed by atoms with E-state index >= 15 is 0 Å². The third kappa shape index (κ3) is 8.75. The van der Waals surface area contributed by atoms with Crippen LogP contribution in [0.1, 0.15) is 58.1 Å². The summed E-state index contributed by atoms with van der Waals surface area (Å²) in [5, 5.41) is 14.0. The average Bonchev–Trinajstić information content (AvgIpc) is 3.22. The summed E-state index contributed by atoms with van der Waals surface area (Å²) < 4.78 is 0. The zero-order chi connectivity index (χ0) is 21.6. The first kappa shape index (κ1) is 24.8. The fourth-order valence-electron chi connectivity index (χ4n) is 2.84. The predicted molar refractivity (Wildman–Crippen MR) is 119 cm³/mol. The summed E-state index contributed by atoms with van der Waals surface area (Å²) in [6.07, 6.45) is 4.89. The van der Waals surface area contributed by atoms with Gasteiger partial charge in [0, 0.05) is 13.1 Å². The first-order chi connectivity index (χ1) is 14.0. The van der Waals surface area contributed by atoms with E-state index in [1.54, 1.807) is 0 Å². The molecule has 0 spiro atoms. The number of nitrogens with zero attached hydrogens (tertiary/aromatic N) is 4. The quantitative estimate of drug-likeness (QED) is 0.366. The molecule has 8 heteroatoms. The van der Waals surface area contributed by atoms with Crippen molar-refractivity contribution in [2.24, 2.45) is 0 Å². The molecule has 1 fully saturated rings. The summed E-state index contributed by atoms with van der Waals surface area (Å²) in [7, 11) is 0. The van der Waals surface area contributed by atoms with E-state index in [-0.39, 0.29) is 16.8 Å². The van der Waals surface area contributed by atoms with Crippen molar-refractivity contribution < 1.29 is 4.92 Å². The van der Waals surface area contributed by atoms with Crippen molar-refractivity contribution in [3.05, 3.63) is 57.0 Å². The van der Waals surface area contributed by atoms with Crippen LogP contribution in [0, 0.1) is 10.1 Å². The topological polar surface area (TPSA) is 84.2 Å². The van der Waals surface area contributed by atoms with Gasteiger partial charge in [-0.05, 0) is 48.7 Å². The van der Waals surface area contributed by atoms with E-state index in [1.807, 2.05) is 26.0 Å². The molecule has 3 rings (SSSR count). The Labute approximate surface area is 178 Å². The van der Waals surface area contributed by atoms with Gasteiger partial charge >= 0.3 is 5.69 Å². The van der Waals surface area contributed by atoms with E-state index in [1.165, 1.54) is 24.8 Å². The number of nitrogens with one attached hydrogen (secondary N) is 1. The summed E-state index contributed by atoms with van der Waals surface area (Å²) >= 11 is 5.73. The fraction of sp³-hybridized carbons (Fsp3) is 0.524. The molecule has 7 nitrogen and oxygen atoms in total. The molecule has 0 atom stereocenters. The second-order valence-electron chi connectivity index (χ2n) is 6.49. The molecule has 29 heavy (non-hydrogen) atoms. The number of hydrogen-bond donors (Lipinski definition) is 1. The van der Waals surface area contributed by atoms with Gasteiger partial charge in [-0.3, -0.25) is 15.0 Å². The lowest BCUT2D eigenvalue weighted by atomic mass is 10.1. The van der Waals surface area contributed by atoms with Crippen molar-refractivity contribution in [1.29, 1.82) is 0 Å². The summed E-state index contributed by atoms with van der Waals surface area (Å²) in [6.45, 7) is 11.9. The van der Waals surface area contributed by atoms with E-state index in [0.717, 1.165) is 31.4 Å². The highest BCUT2D eigenvalue weighted by Gasteiger charge is 2.17. The zero-order valence-corrected chi connectivity index (χ0v) is 18.6. The van der Waals surface area contributed by atoms with Crippen LogP contribution in [0.5, 0.6) is 0 Å². The molecule has 160 valence electrons. The summed E-state index contributed by atoms with van der Waals surface area (Å²) in [5.74, 6) is 0.130. The molecule has 0 unspecified atom stereocenters. The molecule has 0 amide bonds. The number of rotatable bonds is 6. The molecule has 1 saturated heterocycles. The number of hydrogen-bond acceptors (Lipinski definition) is 6. The maximum atomic E-state index is 11.0. The molecule has 1 aromatic heterocycles. The molecular weight excluding hydrogens is 390 g/mol. The molecule has 0 bridgehead atoms. The molecule has 1 N–H and O–H groups in total. The maximum absolute atomic E-state index is 11.0. The number of anilines is 1. The van der Waals surface area contributed by atoms with Crippen molar-refractivity contribution in [3.63, 3.8) is 0 Å². The van der Waals surface area contributed by atoms with Crippen LogP contribution in [0.15, 0.2) is 30.5 Å². The van der Waals surface area contributed by atoms with Crippen LogP contribution in [0.2, 0.25) is 5.28 Å². The lowest BCUT2D eigenvalue weighted by molar-refractivity contribution is -0.384. The Hall–Kier alpha value is -2.25. The van der Waals surface area contributed by atoms with Gasteiger partial charge in [-0.2, -0.15) is 4.98 Å². The lowest BCUT2D eigenvalue weighted by Crippen LogP contribution is -2.18. The van der Waals surface area contributed by atoms with Crippen molar-refractivity contribution in [2.45, 2.75) is 60.0 Å². The van der Waals surface area contributed by atoms with Crippen LogP contribution >= 0.6 is 11.6 Å². The van der Waals surface area contributed by atoms with Crippen LogP contribution in [-0.2, 0) is 13.1 Å². The second-order valence-corrected chi connectivity index (χ2v) is 6.83. The van der Waals surface area contributed by atoms with Crippen LogP contribution in [0.3, 0.4) is 0 Å². The SMILES string of the molecule is CC.CCC.O=[N+]([O-])c1cnc(Cl)nc1NCc1cccc(CN2CCCC2)c1. The second kappa shape index (κ2) is 13.8. The van der Waals surface area contributed by atoms with Gasteiger partial charge in [0.1, 0.15) is 6.20 Å². The van der Waals surface area contributed by atoms with Crippen molar-refractivity contribution in [1.82, 2.24) is 14.9 Å². The van der Waals surface area contributed by atoms with Gasteiger partial charge in [0.25, 0.3) is 0 Å². The van der Waals surface area contributed by atoms with Gasteiger partial charge in [-0.1, -0.05) is 58.4 Å². The van der Waals surface area contributed by atoms with Crippen molar-refractivity contribution >= 4 is 23.1 Å².